The number of anilines is 1. The van der Waals surface area contributed by atoms with Crippen molar-refractivity contribution in [2.45, 2.75) is 53.0 Å². The molecule has 2 heterocycles. The number of aryl methyl sites for hydroxylation is 1. The molecule has 3 N–H and O–H groups in total. The molecule has 0 aromatic heterocycles. The molecule has 0 spiro atoms. The first-order valence-corrected chi connectivity index (χ1v) is 12.8. The quantitative estimate of drug-likeness (QED) is 0.506. The molecule has 2 aromatic carbocycles. The molecule has 36 heavy (non-hydrogen) atoms. The van der Waals surface area contributed by atoms with Gasteiger partial charge in [0.1, 0.15) is 5.70 Å². The average Bonchev–Trinajstić information content (AvgIpc) is 2.88. The number of benzene rings is 2. The lowest BCUT2D eigenvalue weighted by atomic mass is 9.89. The van der Waals surface area contributed by atoms with Crippen molar-refractivity contribution in [2.24, 2.45) is 5.73 Å². The Hall–Kier alpha value is -3.73. The van der Waals surface area contributed by atoms with Crippen LogP contribution in [0.25, 0.3) is 0 Å². The summed E-state index contributed by atoms with van der Waals surface area (Å²) in [5.74, 6) is 0.456. The van der Waals surface area contributed by atoms with Gasteiger partial charge in [0.15, 0.2) is 0 Å². The zero-order chi connectivity index (χ0) is 25.7. The van der Waals surface area contributed by atoms with Gasteiger partial charge in [0, 0.05) is 42.9 Å². The summed E-state index contributed by atoms with van der Waals surface area (Å²) in [7, 11) is 0. The number of hydrogen-bond acceptors (Lipinski definition) is 4. The summed E-state index contributed by atoms with van der Waals surface area (Å²) in [6, 6.07) is 17.5. The highest BCUT2D eigenvalue weighted by atomic mass is 16.2. The van der Waals surface area contributed by atoms with Crippen LogP contribution >= 0.6 is 0 Å². The summed E-state index contributed by atoms with van der Waals surface area (Å²) < 4.78 is 0. The molecule has 5 nitrogen and oxygen atoms in total. The molecule has 0 saturated carbocycles. The summed E-state index contributed by atoms with van der Waals surface area (Å²) in [6.07, 6.45) is 10.3. The van der Waals surface area contributed by atoms with Gasteiger partial charge in [0.05, 0.1) is 0 Å². The Bertz CT molecular complexity index is 1190. The molecule has 1 saturated heterocycles. The minimum atomic E-state index is -0.184. The van der Waals surface area contributed by atoms with E-state index in [1.165, 1.54) is 29.7 Å². The van der Waals surface area contributed by atoms with Crippen molar-refractivity contribution in [2.75, 3.05) is 18.0 Å². The van der Waals surface area contributed by atoms with E-state index in [-0.39, 0.29) is 5.91 Å². The van der Waals surface area contributed by atoms with E-state index >= 15 is 0 Å². The fraction of sp³-hybridized carbons (Fsp3) is 0.323. The van der Waals surface area contributed by atoms with Crippen LogP contribution in [0.15, 0.2) is 95.6 Å². The standard InChI is InChI=1S/C31H38N4O/c1-5-28-13-8-23(3)21-35(28)30(24(4)32)31(36)33-20-25-9-14-29(15-10-25)34-18-16-27(17-19-34)26-11-6-22(2)7-12-26/h5-15,21,27H,16-20,32H2,1-4H3,(H,33,36)/b28-5+,30-24+. The van der Waals surface area contributed by atoms with Crippen molar-refractivity contribution in [1.29, 1.82) is 0 Å². The second kappa shape index (κ2) is 11.3. The van der Waals surface area contributed by atoms with E-state index in [1.54, 1.807) is 6.92 Å². The lowest BCUT2D eigenvalue weighted by molar-refractivity contribution is -0.118. The maximum Gasteiger partial charge on any atom is 0.270 e. The Balaban J connectivity index is 1.34. The molecule has 2 aliphatic heterocycles. The van der Waals surface area contributed by atoms with Crippen molar-refractivity contribution in [3.8, 4) is 0 Å². The Labute approximate surface area is 215 Å². The van der Waals surface area contributed by atoms with Gasteiger partial charge in [-0.05, 0) is 81.4 Å². The average molecular weight is 483 g/mol. The van der Waals surface area contributed by atoms with Gasteiger partial charge < -0.3 is 20.9 Å². The predicted octanol–water partition coefficient (Wildman–Crippen LogP) is 5.86. The number of nitrogens with two attached hydrogens (primary N) is 1. The number of piperidine rings is 1. The Morgan fingerprint density at radius 3 is 2.31 bits per heavy atom. The van der Waals surface area contributed by atoms with Gasteiger partial charge in [0.2, 0.25) is 0 Å². The van der Waals surface area contributed by atoms with Crippen LogP contribution in [0.2, 0.25) is 0 Å². The minimum absolute atomic E-state index is 0.184. The van der Waals surface area contributed by atoms with Gasteiger partial charge in [0.25, 0.3) is 5.91 Å². The first-order valence-electron chi connectivity index (χ1n) is 12.8. The highest BCUT2D eigenvalue weighted by molar-refractivity contribution is 5.94. The van der Waals surface area contributed by atoms with Gasteiger partial charge in [-0.3, -0.25) is 4.79 Å². The zero-order valence-electron chi connectivity index (χ0n) is 21.9. The summed E-state index contributed by atoms with van der Waals surface area (Å²) in [5, 5.41) is 3.05. The van der Waals surface area contributed by atoms with Crippen molar-refractivity contribution in [1.82, 2.24) is 10.2 Å². The Morgan fingerprint density at radius 2 is 1.69 bits per heavy atom. The highest BCUT2D eigenvalue weighted by Crippen LogP contribution is 2.31. The number of allylic oxidation sites excluding steroid dienone is 5. The predicted molar refractivity (Wildman–Crippen MR) is 149 cm³/mol. The molecule has 0 radical (unpaired) electrons. The second-order valence-corrected chi connectivity index (χ2v) is 9.84. The first kappa shape index (κ1) is 25.4. The summed E-state index contributed by atoms with van der Waals surface area (Å²) in [5.41, 5.74) is 14.1. The van der Waals surface area contributed by atoms with E-state index in [4.69, 9.17) is 5.73 Å². The largest absolute Gasteiger partial charge is 0.400 e. The molecule has 1 amide bonds. The molecular formula is C31H38N4O. The molecule has 4 rings (SSSR count). The van der Waals surface area contributed by atoms with E-state index in [9.17, 15) is 4.79 Å². The fourth-order valence-electron chi connectivity index (χ4n) is 4.93. The van der Waals surface area contributed by atoms with Crippen LogP contribution in [0.3, 0.4) is 0 Å². The SMILES string of the molecule is C/C=C1\C=CC(C)=CN1/C(C(=O)NCc1ccc(N2CCC(c3ccc(C)cc3)CC2)cc1)=C(\C)N. The van der Waals surface area contributed by atoms with E-state index in [0.717, 1.165) is 29.9 Å². The van der Waals surface area contributed by atoms with Crippen LogP contribution in [0.4, 0.5) is 5.69 Å². The molecule has 0 bridgehead atoms. The van der Waals surface area contributed by atoms with Gasteiger partial charge in [-0.2, -0.15) is 0 Å². The van der Waals surface area contributed by atoms with Crippen LogP contribution < -0.4 is 16.0 Å². The second-order valence-electron chi connectivity index (χ2n) is 9.84. The van der Waals surface area contributed by atoms with E-state index < -0.39 is 0 Å². The molecule has 2 aliphatic rings. The number of nitrogens with zero attached hydrogens (tertiary/aromatic N) is 2. The van der Waals surface area contributed by atoms with Gasteiger partial charge in [-0.1, -0.05) is 54.1 Å². The third-order valence-corrected chi connectivity index (χ3v) is 7.05. The van der Waals surface area contributed by atoms with Crippen LogP contribution in [0.1, 0.15) is 56.2 Å². The molecular weight excluding hydrogens is 444 g/mol. The lowest BCUT2D eigenvalue weighted by Gasteiger charge is -2.34. The molecule has 0 atom stereocenters. The summed E-state index contributed by atoms with van der Waals surface area (Å²) >= 11 is 0. The van der Waals surface area contributed by atoms with E-state index in [1.807, 2.05) is 43.2 Å². The number of rotatable bonds is 6. The van der Waals surface area contributed by atoms with E-state index in [0.29, 0.717) is 23.9 Å². The number of nitrogens with one attached hydrogen (secondary N) is 1. The fourth-order valence-corrected chi connectivity index (χ4v) is 4.93. The van der Waals surface area contributed by atoms with Crippen LogP contribution in [-0.2, 0) is 11.3 Å². The van der Waals surface area contributed by atoms with Gasteiger partial charge >= 0.3 is 0 Å². The van der Waals surface area contributed by atoms with Crippen LogP contribution in [0.5, 0.6) is 0 Å². The molecule has 0 aliphatic carbocycles. The lowest BCUT2D eigenvalue weighted by Crippen LogP contribution is -2.34. The van der Waals surface area contributed by atoms with Crippen LogP contribution in [0, 0.1) is 6.92 Å². The molecule has 1 fully saturated rings. The molecule has 188 valence electrons. The third-order valence-electron chi connectivity index (χ3n) is 7.05. The third kappa shape index (κ3) is 5.91. The number of carbonyl (C=O) groups excluding carboxylic acids is 1. The number of amides is 1. The Kier molecular flexibility index (Phi) is 7.99. The van der Waals surface area contributed by atoms with Gasteiger partial charge in [-0.15, -0.1) is 0 Å². The van der Waals surface area contributed by atoms with Crippen LogP contribution in [-0.4, -0.2) is 23.9 Å². The van der Waals surface area contributed by atoms with Crippen molar-refractivity contribution in [3.63, 3.8) is 0 Å². The minimum Gasteiger partial charge on any atom is -0.400 e. The van der Waals surface area contributed by atoms with Crippen molar-refractivity contribution < 1.29 is 4.79 Å². The highest BCUT2D eigenvalue weighted by Gasteiger charge is 2.23. The topological polar surface area (TPSA) is 61.6 Å². The monoisotopic (exact) mass is 482 g/mol. The van der Waals surface area contributed by atoms with Crippen molar-refractivity contribution in [3.05, 3.63) is 112 Å². The smallest absolute Gasteiger partial charge is 0.270 e. The van der Waals surface area contributed by atoms with Gasteiger partial charge in [-0.25, -0.2) is 0 Å². The van der Waals surface area contributed by atoms with E-state index in [2.05, 4.69) is 65.7 Å². The maximum atomic E-state index is 13.1. The zero-order valence-corrected chi connectivity index (χ0v) is 21.9. The first-order chi connectivity index (χ1) is 17.4. The maximum absolute atomic E-state index is 13.1. The Morgan fingerprint density at radius 1 is 1.03 bits per heavy atom. The number of hydrogen-bond donors (Lipinski definition) is 2. The molecule has 5 heteroatoms. The normalized spacial score (nSPS) is 18.2. The summed E-state index contributed by atoms with van der Waals surface area (Å²) in [4.78, 5) is 17.5. The molecule has 2 aromatic rings. The molecule has 0 unspecified atom stereocenters. The van der Waals surface area contributed by atoms with Crippen molar-refractivity contribution >= 4 is 11.6 Å². The number of carbonyl (C=O) groups is 1. The summed E-state index contributed by atoms with van der Waals surface area (Å²) in [6.45, 7) is 10.4.